The lowest BCUT2D eigenvalue weighted by Crippen LogP contribution is -1.98. The molecule has 0 aliphatic carbocycles. The van der Waals surface area contributed by atoms with Crippen molar-refractivity contribution in [2.45, 2.75) is 90.9 Å². The lowest BCUT2D eigenvalue weighted by atomic mass is 9.91. The van der Waals surface area contributed by atoms with Gasteiger partial charge in [-0.05, 0) is 91.6 Å². The monoisotopic (exact) mass is 542 g/mol. The summed E-state index contributed by atoms with van der Waals surface area (Å²) in [5.41, 5.74) is 3.28. The summed E-state index contributed by atoms with van der Waals surface area (Å²) < 4.78 is 5.49. The van der Waals surface area contributed by atoms with Crippen molar-refractivity contribution < 1.29 is 0 Å². The molecule has 28 heavy (non-hydrogen) atoms. The van der Waals surface area contributed by atoms with E-state index in [0.717, 1.165) is 0 Å². The number of aryl methyl sites for hydroxylation is 2. The molecule has 0 saturated heterocycles. The maximum absolute atomic E-state index is 3.77. The second kappa shape index (κ2) is 11.5. The van der Waals surface area contributed by atoms with Crippen LogP contribution in [0.4, 0.5) is 0 Å². The molecule has 2 aromatic heterocycles. The Kier molecular flexibility index (Phi) is 9.34. The number of hydrogen-bond donors (Lipinski definition) is 0. The highest BCUT2D eigenvalue weighted by Crippen LogP contribution is 2.45. The highest BCUT2D eigenvalue weighted by Gasteiger charge is 2.18. The van der Waals surface area contributed by atoms with E-state index in [0.29, 0.717) is 0 Å². The van der Waals surface area contributed by atoms with Crippen LogP contribution in [0.3, 0.4) is 0 Å². The predicted molar refractivity (Wildman–Crippen MR) is 138 cm³/mol. The van der Waals surface area contributed by atoms with Gasteiger partial charge in [0.25, 0.3) is 0 Å². The molecule has 3 rings (SSSR count). The Morgan fingerprint density at radius 3 is 1.39 bits per heavy atom. The molecule has 0 N–H and O–H groups in total. The average Bonchev–Trinajstić information content (AvgIpc) is 3.24. The van der Waals surface area contributed by atoms with Crippen molar-refractivity contribution >= 4 is 74.7 Å². The van der Waals surface area contributed by atoms with Crippen LogP contribution in [0.5, 0.6) is 0 Å². The number of halogens is 2. The molecule has 0 saturated carbocycles. The molecular weight excluding hydrogens is 512 g/mol. The van der Waals surface area contributed by atoms with E-state index in [1.165, 1.54) is 105 Å². The molecule has 1 aromatic carbocycles. The standard InChI is InChI=1S/C24H32Br2S2/c1-3-5-7-9-11-13-17-18(14-12-10-8-6-4-2)20-16-22(26)28-24(20)23-19(17)15-21(25)27-23/h15-16H,3-14H2,1-2H3. The summed E-state index contributed by atoms with van der Waals surface area (Å²) in [6.07, 6.45) is 16.0. The first-order valence-corrected chi connectivity index (χ1v) is 14.2. The highest BCUT2D eigenvalue weighted by molar-refractivity contribution is 9.11. The van der Waals surface area contributed by atoms with Crippen molar-refractivity contribution in [2.24, 2.45) is 0 Å². The van der Waals surface area contributed by atoms with Gasteiger partial charge in [0.05, 0.1) is 17.0 Å². The second-order valence-electron chi connectivity index (χ2n) is 7.87. The third-order valence-electron chi connectivity index (χ3n) is 5.69. The zero-order valence-corrected chi connectivity index (χ0v) is 22.0. The molecule has 3 aromatic rings. The van der Waals surface area contributed by atoms with Crippen molar-refractivity contribution in [1.29, 1.82) is 0 Å². The molecule has 0 aliphatic heterocycles. The van der Waals surface area contributed by atoms with Gasteiger partial charge in [0, 0.05) is 0 Å². The quantitative estimate of drug-likeness (QED) is 0.199. The molecule has 0 fully saturated rings. The molecule has 4 heteroatoms. The number of thiophene rings is 2. The van der Waals surface area contributed by atoms with Crippen LogP contribution in [0.2, 0.25) is 0 Å². The molecule has 0 nitrogen and oxygen atoms in total. The van der Waals surface area contributed by atoms with Crippen LogP contribution in [0, 0.1) is 0 Å². The average molecular weight is 544 g/mol. The minimum Gasteiger partial charge on any atom is -0.127 e. The van der Waals surface area contributed by atoms with E-state index in [4.69, 9.17) is 0 Å². The SMILES string of the molecule is CCCCCCCc1c(CCCCCCC)c2cc(Br)sc2c2sc(Br)cc12. The van der Waals surface area contributed by atoms with Gasteiger partial charge < -0.3 is 0 Å². The van der Waals surface area contributed by atoms with Gasteiger partial charge in [-0.1, -0.05) is 65.2 Å². The number of hydrogen-bond acceptors (Lipinski definition) is 2. The molecule has 0 atom stereocenters. The lowest BCUT2D eigenvalue weighted by Gasteiger charge is -2.14. The van der Waals surface area contributed by atoms with Gasteiger partial charge in [0.15, 0.2) is 0 Å². The zero-order valence-electron chi connectivity index (χ0n) is 17.2. The van der Waals surface area contributed by atoms with E-state index >= 15 is 0 Å². The Morgan fingerprint density at radius 1 is 0.607 bits per heavy atom. The Hall–Kier alpha value is 0.1000. The number of fused-ring (bicyclic) bond motifs is 3. The van der Waals surface area contributed by atoms with Crippen molar-refractivity contribution in [3.63, 3.8) is 0 Å². The molecule has 0 unspecified atom stereocenters. The highest BCUT2D eigenvalue weighted by atomic mass is 79.9. The number of rotatable bonds is 12. The Labute approximate surface area is 195 Å². The molecule has 2 heterocycles. The van der Waals surface area contributed by atoms with Gasteiger partial charge in [-0.3, -0.25) is 0 Å². The van der Waals surface area contributed by atoms with Crippen molar-refractivity contribution in [1.82, 2.24) is 0 Å². The zero-order chi connectivity index (χ0) is 19.9. The summed E-state index contributed by atoms with van der Waals surface area (Å²) in [4.78, 5) is 0. The van der Waals surface area contributed by atoms with Gasteiger partial charge in [-0.15, -0.1) is 22.7 Å². The van der Waals surface area contributed by atoms with E-state index in [1.807, 2.05) is 22.7 Å². The fourth-order valence-corrected chi connectivity index (χ4v) is 7.63. The van der Waals surface area contributed by atoms with Crippen LogP contribution in [0.15, 0.2) is 19.7 Å². The summed E-state index contributed by atoms with van der Waals surface area (Å²) in [7, 11) is 0. The first-order chi connectivity index (χ1) is 13.7. The first kappa shape index (κ1) is 22.8. The summed E-state index contributed by atoms with van der Waals surface area (Å²) in [6, 6.07) is 4.77. The first-order valence-electron chi connectivity index (χ1n) is 11.0. The molecule has 0 radical (unpaired) electrons. The minimum absolute atomic E-state index is 1.23. The largest absolute Gasteiger partial charge is 0.127 e. The summed E-state index contributed by atoms with van der Waals surface area (Å²) in [6.45, 7) is 4.59. The van der Waals surface area contributed by atoms with Crippen LogP contribution in [-0.2, 0) is 12.8 Å². The topological polar surface area (TPSA) is 0 Å². The maximum atomic E-state index is 3.77. The van der Waals surface area contributed by atoms with Crippen LogP contribution >= 0.6 is 54.5 Å². The summed E-state index contributed by atoms with van der Waals surface area (Å²) in [5.74, 6) is 0. The van der Waals surface area contributed by atoms with E-state index in [1.54, 1.807) is 11.1 Å². The number of benzene rings is 1. The molecular formula is C24H32Br2S2. The Morgan fingerprint density at radius 2 is 1.00 bits per heavy atom. The predicted octanol–water partition coefficient (Wildman–Crippen LogP) is 10.7. The van der Waals surface area contributed by atoms with Crippen LogP contribution in [0.1, 0.15) is 89.2 Å². The van der Waals surface area contributed by atoms with E-state index < -0.39 is 0 Å². The van der Waals surface area contributed by atoms with Crippen LogP contribution < -0.4 is 0 Å². The van der Waals surface area contributed by atoms with Crippen molar-refractivity contribution in [3.8, 4) is 0 Å². The third kappa shape index (κ3) is 5.62. The maximum Gasteiger partial charge on any atom is 0.0711 e. The van der Waals surface area contributed by atoms with Gasteiger partial charge in [-0.2, -0.15) is 0 Å². The minimum atomic E-state index is 1.23. The van der Waals surface area contributed by atoms with Crippen molar-refractivity contribution in [2.75, 3.05) is 0 Å². The van der Waals surface area contributed by atoms with E-state index in [2.05, 4.69) is 57.8 Å². The summed E-state index contributed by atoms with van der Waals surface area (Å²) in [5, 5.41) is 3.02. The third-order valence-corrected chi connectivity index (χ3v) is 9.13. The normalized spacial score (nSPS) is 11.9. The van der Waals surface area contributed by atoms with E-state index in [9.17, 15) is 0 Å². The fraction of sp³-hybridized carbons (Fsp3) is 0.583. The van der Waals surface area contributed by atoms with Crippen molar-refractivity contribution in [3.05, 3.63) is 30.8 Å². The number of unbranched alkanes of at least 4 members (excludes halogenated alkanes) is 8. The van der Waals surface area contributed by atoms with Gasteiger partial charge >= 0.3 is 0 Å². The Bertz CT molecular complexity index is 818. The molecule has 0 aliphatic rings. The van der Waals surface area contributed by atoms with Crippen LogP contribution in [-0.4, -0.2) is 0 Å². The Balaban J connectivity index is 1.93. The molecule has 0 spiro atoms. The van der Waals surface area contributed by atoms with E-state index in [-0.39, 0.29) is 0 Å². The molecule has 0 bridgehead atoms. The molecule has 0 amide bonds. The smallest absolute Gasteiger partial charge is 0.0711 e. The molecule has 154 valence electrons. The lowest BCUT2D eigenvalue weighted by molar-refractivity contribution is 0.623. The van der Waals surface area contributed by atoms with Gasteiger partial charge in [0.1, 0.15) is 0 Å². The fourth-order valence-electron chi connectivity index (χ4n) is 4.21. The van der Waals surface area contributed by atoms with Gasteiger partial charge in [-0.25, -0.2) is 0 Å². The van der Waals surface area contributed by atoms with Crippen LogP contribution in [0.25, 0.3) is 20.2 Å². The second-order valence-corrected chi connectivity index (χ2v) is 12.7. The van der Waals surface area contributed by atoms with Gasteiger partial charge in [0.2, 0.25) is 0 Å². The summed E-state index contributed by atoms with van der Waals surface area (Å²) >= 11 is 11.4.